The predicted molar refractivity (Wildman–Crippen MR) is 154 cm³/mol. The number of benzene rings is 2. The van der Waals surface area contributed by atoms with Crippen LogP contribution in [-0.2, 0) is 0 Å². The fourth-order valence-electron chi connectivity index (χ4n) is 5.37. The van der Waals surface area contributed by atoms with Crippen LogP contribution in [0.2, 0.25) is 0 Å². The Morgan fingerprint density at radius 3 is 2.78 bits per heavy atom. The molecule has 4 atom stereocenters. The number of nitrogens with zero attached hydrogens (tertiary/aromatic N) is 2. The summed E-state index contributed by atoms with van der Waals surface area (Å²) in [5.74, 6) is 1.21. The summed E-state index contributed by atoms with van der Waals surface area (Å²) in [6.45, 7) is 6.37. The first-order valence-corrected chi connectivity index (χ1v) is 14.3. The zero-order valence-corrected chi connectivity index (χ0v) is 23.2. The lowest BCUT2D eigenvalue weighted by molar-refractivity contribution is 0.0881. The lowest BCUT2D eigenvalue weighted by Crippen LogP contribution is -2.41. The van der Waals surface area contributed by atoms with E-state index in [0.717, 1.165) is 69.2 Å². The molecule has 0 radical (unpaired) electrons. The van der Waals surface area contributed by atoms with Crippen LogP contribution in [0.3, 0.4) is 0 Å². The second-order valence-electron chi connectivity index (χ2n) is 10.1. The summed E-state index contributed by atoms with van der Waals surface area (Å²) in [4.78, 5) is 17.9. The van der Waals surface area contributed by atoms with Gasteiger partial charge in [0.15, 0.2) is 0 Å². The van der Waals surface area contributed by atoms with Crippen LogP contribution in [0.1, 0.15) is 59.8 Å². The molecule has 5 rings (SSSR count). The van der Waals surface area contributed by atoms with E-state index in [1.165, 1.54) is 0 Å². The third kappa shape index (κ3) is 5.08. The number of H-pyrrole nitrogens is 1. The van der Waals surface area contributed by atoms with Crippen molar-refractivity contribution < 1.29 is 9.53 Å². The number of aliphatic imine (C=N–C) groups is 1. The van der Waals surface area contributed by atoms with Crippen molar-refractivity contribution in [3.63, 3.8) is 0 Å². The maximum absolute atomic E-state index is 13.3. The molecule has 0 bridgehead atoms. The average Bonchev–Trinajstić information content (AvgIpc) is 3.30. The minimum Gasteiger partial charge on any atom is -0.490 e. The van der Waals surface area contributed by atoms with Crippen molar-refractivity contribution in [2.45, 2.75) is 64.6 Å². The number of halogens is 1. The Morgan fingerprint density at radius 1 is 1.19 bits per heavy atom. The molecule has 2 heterocycles. The summed E-state index contributed by atoms with van der Waals surface area (Å²) in [5.41, 5.74) is 5.98. The molecule has 1 fully saturated rings. The predicted octanol–water partition coefficient (Wildman–Crippen LogP) is 6.21. The highest BCUT2D eigenvalue weighted by Crippen LogP contribution is 2.34. The number of aromatic amines is 1. The number of para-hydroxylation sites is 1. The van der Waals surface area contributed by atoms with E-state index in [9.17, 15) is 4.79 Å². The summed E-state index contributed by atoms with van der Waals surface area (Å²) < 4.78 is 7.37. The number of hydrogen-bond acceptors (Lipinski definition) is 4. The molecule has 2 N–H and O–H groups in total. The number of alkyl halides is 1. The number of allylic oxidation sites excluding steroid dienone is 1. The second kappa shape index (κ2) is 10.7. The van der Waals surface area contributed by atoms with Crippen LogP contribution in [0, 0.1) is 19.8 Å². The number of carbonyl (C=O) groups is 1. The average molecular weight is 597 g/mol. The molecular weight excluding hydrogens is 563 g/mol. The number of aryl methyl sites for hydroxylation is 2. The van der Waals surface area contributed by atoms with Gasteiger partial charge in [-0.25, -0.2) is 0 Å². The highest BCUT2D eigenvalue weighted by atomic mass is 127. The van der Waals surface area contributed by atoms with E-state index in [2.05, 4.69) is 82.1 Å². The highest BCUT2D eigenvalue weighted by Gasteiger charge is 2.27. The fraction of sp³-hybridized carbons (Fsp3) is 0.414. The van der Waals surface area contributed by atoms with Gasteiger partial charge in [-0.05, 0) is 74.1 Å². The number of carbonyl (C=O) groups excluding carboxylic acids is 1. The van der Waals surface area contributed by atoms with Crippen molar-refractivity contribution in [1.82, 2.24) is 15.5 Å². The summed E-state index contributed by atoms with van der Waals surface area (Å²) in [7, 11) is 0. The van der Waals surface area contributed by atoms with Crippen molar-refractivity contribution in [2.75, 3.05) is 4.43 Å². The van der Waals surface area contributed by atoms with Crippen LogP contribution < -0.4 is 10.1 Å². The van der Waals surface area contributed by atoms with Crippen molar-refractivity contribution in [3.8, 4) is 5.75 Å². The summed E-state index contributed by atoms with van der Waals surface area (Å²) in [5, 5.41) is 12.0. The Morgan fingerprint density at radius 2 is 2.00 bits per heavy atom. The Hall–Kier alpha value is -2.68. The van der Waals surface area contributed by atoms with Crippen molar-refractivity contribution >= 4 is 51.2 Å². The number of hydrogen-bond donors (Lipinski definition) is 2. The number of fused-ring (bicyclic) bond motifs is 1. The molecule has 1 saturated carbocycles. The van der Waals surface area contributed by atoms with Gasteiger partial charge in [0.05, 0.1) is 17.3 Å². The zero-order chi connectivity index (χ0) is 25.2. The highest BCUT2D eigenvalue weighted by molar-refractivity contribution is 14.1. The van der Waals surface area contributed by atoms with Gasteiger partial charge in [0, 0.05) is 40.0 Å². The number of amides is 1. The van der Waals surface area contributed by atoms with Gasteiger partial charge in [-0.1, -0.05) is 47.7 Å². The SMILES string of the molecule is Cc1cccc(C)c1OC1CCCC(NC(=O)c2ccc3[nH]nc(C4=CC=NC(CI)C4C)c3c2)C1. The lowest BCUT2D eigenvalue weighted by Gasteiger charge is -2.31. The van der Waals surface area contributed by atoms with Crippen LogP contribution in [0.4, 0.5) is 0 Å². The van der Waals surface area contributed by atoms with E-state index in [4.69, 9.17) is 4.74 Å². The van der Waals surface area contributed by atoms with E-state index >= 15 is 0 Å². The van der Waals surface area contributed by atoms with Gasteiger partial charge in [-0.3, -0.25) is 14.9 Å². The minimum atomic E-state index is -0.0425. The number of rotatable bonds is 6. The van der Waals surface area contributed by atoms with Gasteiger partial charge in [0.25, 0.3) is 5.91 Å². The normalized spacial score (nSPS) is 23.9. The molecule has 1 aliphatic heterocycles. The van der Waals surface area contributed by atoms with Crippen molar-refractivity contribution in [1.29, 1.82) is 0 Å². The van der Waals surface area contributed by atoms with E-state index in [1.54, 1.807) is 0 Å². The first kappa shape index (κ1) is 25.0. The van der Waals surface area contributed by atoms with Crippen LogP contribution in [0.25, 0.3) is 16.5 Å². The molecule has 0 saturated heterocycles. The third-order valence-electron chi connectivity index (χ3n) is 7.51. The lowest BCUT2D eigenvalue weighted by atomic mass is 9.88. The third-order valence-corrected chi connectivity index (χ3v) is 8.41. The molecule has 1 aliphatic carbocycles. The summed E-state index contributed by atoms with van der Waals surface area (Å²) >= 11 is 2.39. The second-order valence-corrected chi connectivity index (χ2v) is 10.9. The molecule has 188 valence electrons. The van der Waals surface area contributed by atoms with E-state index in [-0.39, 0.29) is 30.0 Å². The molecule has 36 heavy (non-hydrogen) atoms. The fourth-order valence-corrected chi connectivity index (χ4v) is 6.36. The maximum Gasteiger partial charge on any atom is 0.251 e. The molecule has 1 amide bonds. The Kier molecular flexibility index (Phi) is 7.46. The first-order valence-electron chi connectivity index (χ1n) is 12.8. The molecule has 7 heteroatoms. The smallest absolute Gasteiger partial charge is 0.251 e. The van der Waals surface area contributed by atoms with Crippen molar-refractivity contribution in [3.05, 3.63) is 64.9 Å². The van der Waals surface area contributed by atoms with E-state index in [1.807, 2.05) is 30.5 Å². The van der Waals surface area contributed by atoms with Gasteiger partial charge in [0.1, 0.15) is 11.9 Å². The largest absolute Gasteiger partial charge is 0.490 e. The van der Waals surface area contributed by atoms with E-state index in [0.29, 0.717) is 5.56 Å². The molecule has 1 aromatic heterocycles. The molecular formula is C29H33IN4O2. The summed E-state index contributed by atoms with van der Waals surface area (Å²) in [6.07, 6.45) is 7.89. The number of dihydropyridines is 1. The summed E-state index contributed by atoms with van der Waals surface area (Å²) in [6, 6.07) is 12.4. The minimum absolute atomic E-state index is 0.0425. The van der Waals surface area contributed by atoms with Gasteiger partial charge in [0.2, 0.25) is 0 Å². The molecule has 2 aliphatic rings. The molecule has 2 aromatic carbocycles. The van der Waals surface area contributed by atoms with Crippen LogP contribution in [0.5, 0.6) is 5.75 Å². The standard InChI is InChI=1S/C29H33IN4O2/c1-17-6-4-7-18(2)28(17)36-22-9-5-8-21(15-22)32-29(35)20-10-11-25-24(14-20)27(34-33-25)23-12-13-31-26(16-30)19(23)3/h4,6-7,10-14,19,21-22,26H,5,8-9,15-16H2,1-3H3,(H,32,35)(H,33,34). The van der Waals surface area contributed by atoms with Crippen LogP contribution in [-0.4, -0.2) is 44.9 Å². The molecule has 3 aromatic rings. The molecule has 4 unspecified atom stereocenters. The van der Waals surface area contributed by atoms with Gasteiger partial charge in [-0.15, -0.1) is 0 Å². The molecule has 0 spiro atoms. The van der Waals surface area contributed by atoms with Gasteiger partial charge in [-0.2, -0.15) is 5.10 Å². The van der Waals surface area contributed by atoms with Gasteiger partial charge < -0.3 is 10.1 Å². The molecule has 6 nitrogen and oxygen atoms in total. The quantitative estimate of drug-likeness (QED) is 0.263. The Bertz CT molecular complexity index is 1310. The van der Waals surface area contributed by atoms with Crippen LogP contribution >= 0.6 is 22.6 Å². The van der Waals surface area contributed by atoms with E-state index < -0.39 is 0 Å². The maximum atomic E-state index is 13.3. The number of nitrogens with one attached hydrogen (secondary N) is 2. The Labute approximate surface area is 226 Å². The van der Waals surface area contributed by atoms with Crippen molar-refractivity contribution in [2.24, 2.45) is 10.9 Å². The van der Waals surface area contributed by atoms with Gasteiger partial charge >= 0.3 is 0 Å². The zero-order valence-electron chi connectivity index (χ0n) is 21.1. The number of ether oxygens (including phenoxy) is 1. The van der Waals surface area contributed by atoms with Crippen LogP contribution in [0.15, 0.2) is 47.5 Å². The first-order chi connectivity index (χ1) is 17.4. The Balaban J connectivity index is 1.30. The number of aromatic nitrogens is 2. The monoisotopic (exact) mass is 596 g/mol. The topological polar surface area (TPSA) is 79.4 Å².